The molecular weight excluding hydrogens is 136 g/mol. The molecule has 0 aromatic heterocycles. The molecule has 0 aromatic carbocycles. The van der Waals surface area contributed by atoms with Gasteiger partial charge in [-0.05, 0) is 25.2 Å². The Labute approximate surface area is 70.1 Å². The monoisotopic (exact) mass is 156 g/mol. The molecule has 0 saturated carbocycles. The summed E-state index contributed by atoms with van der Waals surface area (Å²) < 4.78 is 0. The molecule has 1 nitrogen and oxygen atoms in total. The number of hydrogen-bond acceptors (Lipinski definition) is 1. The summed E-state index contributed by atoms with van der Waals surface area (Å²) in [5.74, 6) is 0. The Bertz CT molecular complexity index is 130. The molecule has 66 valence electrons. The Hall–Kier alpha value is -0.300. The van der Waals surface area contributed by atoms with Crippen molar-refractivity contribution in [2.75, 3.05) is 0 Å². The van der Waals surface area contributed by atoms with Crippen molar-refractivity contribution in [3.63, 3.8) is 0 Å². The summed E-state index contributed by atoms with van der Waals surface area (Å²) in [6.45, 7) is 12.1. The van der Waals surface area contributed by atoms with Crippen molar-refractivity contribution in [2.45, 2.75) is 46.6 Å². The first kappa shape index (κ1) is 10.7. The Morgan fingerprint density at radius 1 is 1.45 bits per heavy atom. The highest BCUT2D eigenvalue weighted by molar-refractivity contribution is 4.91. The highest BCUT2D eigenvalue weighted by atomic mass is 16.3. The van der Waals surface area contributed by atoms with Gasteiger partial charge in [0.1, 0.15) is 0 Å². The lowest BCUT2D eigenvalue weighted by molar-refractivity contribution is 0.121. The minimum atomic E-state index is -0.215. The van der Waals surface area contributed by atoms with E-state index in [2.05, 4.69) is 27.4 Å². The lowest BCUT2D eigenvalue weighted by Gasteiger charge is -2.22. The first-order valence-electron chi connectivity index (χ1n) is 4.14. The lowest BCUT2D eigenvalue weighted by Crippen LogP contribution is -2.17. The Kier molecular flexibility index (Phi) is 3.81. The van der Waals surface area contributed by atoms with Crippen molar-refractivity contribution in [1.82, 2.24) is 0 Å². The molecule has 0 rings (SSSR count). The fraction of sp³-hybridized carbons (Fsp3) is 0.800. The van der Waals surface area contributed by atoms with Crippen molar-refractivity contribution < 1.29 is 5.11 Å². The molecule has 11 heavy (non-hydrogen) atoms. The summed E-state index contributed by atoms with van der Waals surface area (Å²) >= 11 is 0. The normalized spacial score (nSPS) is 14.6. The molecule has 0 aliphatic rings. The fourth-order valence-electron chi connectivity index (χ4n) is 1.18. The molecule has 0 heterocycles. The largest absolute Gasteiger partial charge is 0.393 e. The van der Waals surface area contributed by atoms with Gasteiger partial charge in [-0.25, -0.2) is 0 Å². The SMILES string of the molecule is C=C(C)C[C@@H](O)CC(C)(C)C. The molecular formula is C10H20O. The van der Waals surface area contributed by atoms with Crippen molar-refractivity contribution in [3.8, 4) is 0 Å². The van der Waals surface area contributed by atoms with E-state index in [1.165, 1.54) is 0 Å². The van der Waals surface area contributed by atoms with Gasteiger partial charge in [0.2, 0.25) is 0 Å². The third-order valence-electron chi connectivity index (χ3n) is 1.43. The molecule has 1 atom stereocenters. The quantitative estimate of drug-likeness (QED) is 0.623. The second-order valence-corrected chi connectivity index (χ2v) is 4.58. The average Bonchev–Trinajstić information content (AvgIpc) is 1.53. The first-order chi connectivity index (χ1) is 4.81. The molecule has 0 aliphatic carbocycles. The molecule has 0 aliphatic heterocycles. The second-order valence-electron chi connectivity index (χ2n) is 4.58. The Balaban J connectivity index is 3.69. The van der Waals surface area contributed by atoms with Crippen LogP contribution in [0.25, 0.3) is 0 Å². The van der Waals surface area contributed by atoms with Gasteiger partial charge in [-0.1, -0.05) is 26.3 Å². The van der Waals surface area contributed by atoms with Crippen molar-refractivity contribution in [3.05, 3.63) is 12.2 Å². The molecule has 0 fully saturated rings. The molecule has 0 aromatic rings. The van der Waals surface area contributed by atoms with Crippen molar-refractivity contribution >= 4 is 0 Å². The maximum Gasteiger partial charge on any atom is 0.0582 e. The van der Waals surface area contributed by atoms with Crippen LogP contribution in [-0.4, -0.2) is 11.2 Å². The maximum atomic E-state index is 9.49. The van der Waals surface area contributed by atoms with Crippen LogP contribution in [0.4, 0.5) is 0 Å². The molecule has 1 N–H and O–H groups in total. The zero-order chi connectivity index (χ0) is 9.07. The van der Waals surface area contributed by atoms with E-state index in [-0.39, 0.29) is 11.5 Å². The summed E-state index contributed by atoms with van der Waals surface area (Å²) in [5, 5.41) is 9.49. The predicted octanol–water partition coefficient (Wildman–Crippen LogP) is 2.75. The number of hydrogen-bond donors (Lipinski definition) is 1. The Morgan fingerprint density at radius 2 is 1.91 bits per heavy atom. The Morgan fingerprint density at radius 3 is 2.18 bits per heavy atom. The van der Waals surface area contributed by atoms with Crippen LogP contribution >= 0.6 is 0 Å². The fourth-order valence-corrected chi connectivity index (χ4v) is 1.18. The van der Waals surface area contributed by atoms with Crippen LogP contribution in [0.2, 0.25) is 0 Å². The van der Waals surface area contributed by atoms with Gasteiger partial charge in [-0.3, -0.25) is 0 Å². The predicted molar refractivity (Wildman–Crippen MR) is 49.5 cm³/mol. The van der Waals surface area contributed by atoms with Crippen LogP contribution in [0, 0.1) is 5.41 Å². The number of aliphatic hydroxyl groups is 1. The van der Waals surface area contributed by atoms with Gasteiger partial charge >= 0.3 is 0 Å². The lowest BCUT2D eigenvalue weighted by atomic mass is 9.87. The number of rotatable bonds is 3. The zero-order valence-corrected chi connectivity index (χ0v) is 8.15. The van der Waals surface area contributed by atoms with Gasteiger partial charge in [0.05, 0.1) is 6.10 Å². The van der Waals surface area contributed by atoms with Crippen LogP contribution in [0.1, 0.15) is 40.5 Å². The standard InChI is InChI=1S/C10H20O/c1-8(2)6-9(11)7-10(3,4)5/h9,11H,1,6-7H2,2-5H3/t9-/m1/s1. The van der Waals surface area contributed by atoms with E-state index in [9.17, 15) is 5.11 Å². The molecule has 0 unspecified atom stereocenters. The second kappa shape index (κ2) is 3.91. The maximum absolute atomic E-state index is 9.49. The van der Waals surface area contributed by atoms with E-state index in [4.69, 9.17) is 0 Å². The smallest absolute Gasteiger partial charge is 0.0582 e. The van der Waals surface area contributed by atoms with Gasteiger partial charge < -0.3 is 5.11 Å². The third kappa shape index (κ3) is 7.60. The molecule has 0 spiro atoms. The van der Waals surface area contributed by atoms with E-state index in [0.29, 0.717) is 0 Å². The van der Waals surface area contributed by atoms with Gasteiger partial charge in [0, 0.05) is 0 Å². The highest BCUT2D eigenvalue weighted by Gasteiger charge is 2.16. The van der Waals surface area contributed by atoms with Crippen LogP contribution < -0.4 is 0 Å². The van der Waals surface area contributed by atoms with Gasteiger partial charge in [0.15, 0.2) is 0 Å². The van der Waals surface area contributed by atoms with E-state index < -0.39 is 0 Å². The molecule has 0 bridgehead atoms. The zero-order valence-electron chi connectivity index (χ0n) is 8.15. The van der Waals surface area contributed by atoms with Crippen molar-refractivity contribution in [2.24, 2.45) is 5.41 Å². The highest BCUT2D eigenvalue weighted by Crippen LogP contribution is 2.23. The van der Waals surface area contributed by atoms with Crippen LogP contribution in [0.15, 0.2) is 12.2 Å². The molecule has 0 amide bonds. The van der Waals surface area contributed by atoms with E-state index >= 15 is 0 Å². The average molecular weight is 156 g/mol. The summed E-state index contributed by atoms with van der Waals surface area (Å²) in [6, 6.07) is 0. The first-order valence-corrected chi connectivity index (χ1v) is 4.14. The summed E-state index contributed by atoms with van der Waals surface area (Å²) in [4.78, 5) is 0. The summed E-state index contributed by atoms with van der Waals surface area (Å²) in [7, 11) is 0. The minimum absolute atomic E-state index is 0.215. The minimum Gasteiger partial charge on any atom is -0.393 e. The van der Waals surface area contributed by atoms with E-state index in [0.717, 1.165) is 18.4 Å². The van der Waals surface area contributed by atoms with E-state index in [1.807, 2.05) is 6.92 Å². The summed E-state index contributed by atoms with van der Waals surface area (Å²) in [5.41, 5.74) is 1.27. The van der Waals surface area contributed by atoms with Gasteiger partial charge in [-0.2, -0.15) is 0 Å². The van der Waals surface area contributed by atoms with Crippen molar-refractivity contribution in [1.29, 1.82) is 0 Å². The van der Waals surface area contributed by atoms with Gasteiger partial charge in [-0.15, -0.1) is 6.58 Å². The van der Waals surface area contributed by atoms with Gasteiger partial charge in [0.25, 0.3) is 0 Å². The number of aliphatic hydroxyl groups excluding tert-OH is 1. The molecule has 0 saturated heterocycles. The van der Waals surface area contributed by atoms with Crippen LogP contribution in [-0.2, 0) is 0 Å². The van der Waals surface area contributed by atoms with E-state index in [1.54, 1.807) is 0 Å². The third-order valence-corrected chi connectivity index (χ3v) is 1.43. The molecule has 0 radical (unpaired) electrons. The summed E-state index contributed by atoms with van der Waals surface area (Å²) in [6.07, 6.45) is 1.37. The van der Waals surface area contributed by atoms with Crippen LogP contribution in [0.5, 0.6) is 0 Å². The molecule has 1 heteroatoms. The topological polar surface area (TPSA) is 20.2 Å². The van der Waals surface area contributed by atoms with Crippen LogP contribution in [0.3, 0.4) is 0 Å².